The zero-order valence-corrected chi connectivity index (χ0v) is 16.9. The second kappa shape index (κ2) is 8.34. The number of aromatic nitrogens is 1. The Morgan fingerprint density at radius 3 is 2.61 bits per heavy atom. The van der Waals surface area contributed by atoms with Gasteiger partial charge in [-0.05, 0) is 56.6 Å². The van der Waals surface area contributed by atoms with Gasteiger partial charge in [-0.25, -0.2) is 4.98 Å². The first-order valence-corrected chi connectivity index (χ1v) is 10.6. The van der Waals surface area contributed by atoms with E-state index in [0.29, 0.717) is 29.5 Å². The summed E-state index contributed by atoms with van der Waals surface area (Å²) in [7, 11) is 0. The number of carbonyl (C=O) groups is 1. The number of hydrogen-bond donors (Lipinski definition) is 0. The van der Waals surface area contributed by atoms with Crippen LogP contribution in [0.1, 0.15) is 67.9 Å². The van der Waals surface area contributed by atoms with E-state index in [0.717, 1.165) is 19.4 Å². The van der Waals surface area contributed by atoms with Crippen LogP contribution in [0.5, 0.6) is 5.88 Å². The summed E-state index contributed by atoms with van der Waals surface area (Å²) < 4.78 is 5.69. The van der Waals surface area contributed by atoms with E-state index in [4.69, 9.17) is 4.74 Å². The molecule has 148 valence electrons. The zero-order valence-electron chi connectivity index (χ0n) is 16.9. The maximum absolute atomic E-state index is 13.3. The smallest absolute Gasteiger partial charge is 0.272 e. The summed E-state index contributed by atoms with van der Waals surface area (Å²) in [5.74, 6) is 1.68. The molecule has 28 heavy (non-hydrogen) atoms. The van der Waals surface area contributed by atoms with Crippen molar-refractivity contribution >= 4 is 5.91 Å². The summed E-state index contributed by atoms with van der Waals surface area (Å²) >= 11 is 0. The molecule has 0 N–H and O–H groups in total. The number of likely N-dealkylation sites (tertiary alicyclic amines) is 1. The molecule has 3 atom stereocenters. The third-order valence-corrected chi connectivity index (χ3v) is 6.17. The summed E-state index contributed by atoms with van der Waals surface area (Å²) in [5, 5.41) is 0. The van der Waals surface area contributed by atoms with E-state index in [1.807, 2.05) is 32.0 Å². The third kappa shape index (κ3) is 3.91. The Morgan fingerprint density at radius 1 is 1.04 bits per heavy atom. The lowest BCUT2D eigenvalue weighted by atomic mass is 9.69. The van der Waals surface area contributed by atoms with Crippen LogP contribution in [0, 0.1) is 5.92 Å². The Hall–Kier alpha value is -2.36. The third-order valence-electron chi connectivity index (χ3n) is 6.17. The quantitative estimate of drug-likeness (QED) is 0.747. The number of carbonyl (C=O) groups excluding carboxylic acids is 1. The summed E-state index contributed by atoms with van der Waals surface area (Å²) in [6.45, 7) is 4.74. The van der Waals surface area contributed by atoms with Gasteiger partial charge in [0.2, 0.25) is 5.88 Å². The number of rotatable bonds is 4. The lowest BCUT2D eigenvalue weighted by Crippen LogP contribution is -2.52. The van der Waals surface area contributed by atoms with Gasteiger partial charge in [0.15, 0.2) is 0 Å². The van der Waals surface area contributed by atoms with Gasteiger partial charge >= 0.3 is 0 Å². The van der Waals surface area contributed by atoms with E-state index in [9.17, 15) is 4.79 Å². The maximum Gasteiger partial charge on any atom is 0.272 e. The molecule has 1 aliphatic heterocycles. The topological polar surface area (TPSA) is 42.4 Å². The van der Waals surface area contributed by atoms with Gasteiger partial charge in [-0.2, -0.15) is 0 Å². The summed E-state index contributed by atoms with van der Waals surface area (Å²) in [4.78, 5) is 19.9. The summed E-state index contributed by atoms with van der Waals surface area (Å²) in [6.07, 6.45) is 5.85. The molecule has 2 heterocycles. The Morgan fingerprint density at radius 2 is 1.82 bits per heavy atom. The number of pyridine rings is 1. The molecule has 0 bridgehead atoms. The number of hydrogen-bond acceptors (Lipinski definition) is 3. The van der Waals surface area contributed by atoms with Crippen LogP contribution in [0.15, 0.2) is 48.5 Å². The minimum Gasteiger partial charge on any atom is -0.475 e. The van der Waals surface area contributed by atoms with E-state index >= 15 is 0 Å². The first-order chi connectivity index (χ1) is 13.6. The lowest BCUT2D eigenvalue weighted by molar-refractivity contribution is 0.0313. The second-order valence-electron chi connectivity index (χ2n) is 8.35. The summed E-state index contributed by atoms with van der Waals surface area (Å²) in [6, 6.07) is 16.7. The van der Waals surface area contributed by atoms with Gasteiger partial charge in [-0.1, -0.05) is 49.2 Å². The van der Waals surface area contributed by atoms with Crippen LogP contribution in [0.4, 0.5) is 0 Å². The minimum absolute atomic E-state index is 0.0437. The van der Waals surface area contributed by atoms with E-state index in [-0.39, 0.29) is 12.0 Å². The van der Waals surface area contributed by atoms with Crippen LogP contribution in [0.3, 0.4) is 0 Å². The Kier molecular flexibility index (Phi) is 5.65. The first kappa shape index (κ1) is 19.0. The van der Waals surface area contributed by atoms with Gasteiger partial charge in [0.1, 0.15) is 5.69 Å². The van der Waals surface area contributed by atoms with Gasteiger partial charge in [0, 0.05) is 18.7 Å². The molecule has 0 spiro atoms. The average Bonchev–Trinajstić information content (AvgIpc) is 2.73. The molecule has 2 fully saturated rings. The molecule has 4 nitrogen and oxygen atoms in total. The fraction of sp³-hybridized carbons (Fsp3) is 0.500. The molecular weight excluding hydrogens is 348 g/mol. The van der Waals surface area contributed by atoms with Gasteiger partial charge in [0.25, 0.3) is 5.91 Å². The molecular formula is C24H30N2O2. The predicted octanol–water partition coefficient (Wildman–Crippen LogP) is 5.06. The molecule has 4 rings (SSSR count). The van der Waals surface area contributed by atoms with Crippen LogP contribution >= 0.6 is 0 Å². The number of fused-ring (bicyclic) bond motifs is 1. The molecule has 1 aromatic carbocycles. The van der Waals surface area contributed by atoms with Crippen molar-refractivity contribution in [2.75, 3.05) is 6.54 Å². The molecule has 1 amide bonds. The van der Waals surface area contributed by atoms with Crippen molar-refractivity contribution in [3.05, 3.63) is 59.8 Å². The number of nitrogens with zero attached hydrogens (tertiary/aromatic N) is 2. The van der Waals surface area contributed by atoms with Crippen molar-refractivity contribution in [2.24, 2.45) is 5.92 Å². The zero-order chi connectivity index (χ0) is 19.5. The monoisotopic (exact) mass is 378 g/mol. The molecule has 2 aromatic rings. The maximum atomic E-state index is 13.3. The van der Waals surface area contributed by atoms with Gasteiger partial charge in [0.05, 0.1) is 6.10 Å². The molecule has 4 heteroatoms. The van der Waals surface area contributed by atoms with Crippen molar-refractivity contribution in [3.63, 3.8) is 0 Å². The van der Waals surface area contributed by atoms with Crippen molar-refractivity contribution in [2.45, 2.75) is 64.0 Å². The number of benzene rings is 1. The van der Waals surface area contributed by atoms with Crippen LogP contribution in [-0.4, -0.2) is 34.5 Å². The molecule has 1 aromatic heterocycles. The Balaban J connectivity index is 1.56. The van der Waals surface area contributed by atoms with E-state index < -0.39 is 0 Å². The molecule has 1 saturated heterocycles. The number of piperidine rings is 1. The van der Waals surface area contributed by atoms with Crippen molar-refractivity contribution in [1.82, 2.24) is 9.88 Å². The van der Waals surface area contributed by atoms with Gasteiger partial charge in [-0.3, -0.25) is 4.79 Å². The standard InChI is InChI=1S/C24H30N2O2/c1-17(2)28-23-14-8-12-21(25-23)24(27)26-16-15-19(18-9-4-3-5-10-18)20-11-6-7-13-22(20)26/h3-5,8-10,12,14,17,19-20,22H,6-7,11,13,15-16H2,1-2H3/t19-,20-,22-/m1/s1. The fourth-order valence-electron chi connectivity index (χ4n) is 5.01. The Bertz CT molecular complexity index is 805. The van der Waals surface area contributed by atoms with Crippen molar-refractivity contribution in [1.29, 1.82) is 0 Å². The predicted molar refractivity (Wildman–Crippen MR) is 111 cm³/mol. The lowest BCUT2D eigenvalue weighted by Gasteiger charge is -2.48. The Labute approximate surface area is 167 Å². The van der Waals surface area contributed by atoms with Crippen molar-refractivity contribution < 1.29 is 9.53 Å². The minimum atomic E-state index is 0.0437. The highest BCUT2D eigenvalue weighted by Crippen LogP contribution is 2.44. The van der Waals surface area contributed by atoms with Gasteiger partial charge < -0.3 is 9.64 Å². The number of ether oxygens (including phenoxy) is 1. The fourth-order valence-corrected chi connectivity index (χ4v) is 5.01. The number of amides is 1. The van der Waals surface area contributed by atoms with E-state index in [1.54, 1.807) is 0 Å². The van der Waals surface area contributed by atoms with Crippen LogP contribution < -0.4 is 4.74 Å². The highest BCUT2D eigenvalue weighted by Gasteiger charge is 2.42. The molecule has 2 aliphatic rings. The highest BCUT2D eigenvalue weighted by atomic mass is 16.5. The highest BCUT2D eigenvalue weighted by molar-refractivity contribution is 5.92. The van der Waals surface area contributed by atoms with E-state index in [2.05, 4.69) is 40.2 Å². The molecule has 0 unspecified atom stereocenters. The van der Waals surface area contributed by atoms with Gasteiger partial charge in [-0.15, -0.1) is 0 Å². The largest absolute Gasteiger partial charge is 0.475 e. The average molecular weight is 379 g/mol. The van der Waals surface area contributed by atoms with E-state index in [1.165, 1.54) is 24.8 Å². The SMILES string of the molecule is CC(C)Oc1cccc(C(=O)N2CC[C@H](c3ccccc3)[C@H]3CCCC[C@H]32)n1. The van der Waals surface area contributed by atoms with Crippen LogP contribution in [0.25, 0.3) is 0 Å². The van der Waals surface area contributed by atoms with Crippen molar-refractivity contribution in [3.8, 4) is 5.88 Å². The van der Waals surface area contributed by atoms with Crippen LogP contribution in [-0.2, 0) is 0 Å². The second-order valence-corrected chi connectivity index (χ2v) is 8.35. The molecule has 0 radical (unpaired) electrons. The summed E-state index contributed by atoms with van der Waals surface area (Å²) in [5.41, 5.74) is 1.93. The first-order valence-electron chi connectivity index (χ1n) is 10.6. The normalized spacial score (nSPS) is 24.7. The van der Waals surface area contributed by atoms with Crippen LogP contribution in [0.2, 0.25) is 0 Å². The molecule has 1 saturated carbocycles. The molecule has 1 aliphatic carbocycles.